The highest BCUT2D eigenvalue weighted by atomic mass is 16.5. The summed E-state index contributed by atoms with van der Waals surface area (Å²) in [6.45, 7) is 12.0. The third-order valence-electron chi connectivity index (χ3n) is 6.09. The number of Topliss-reactive ketones (excluding diaryl/α,β-unsaturated/α-hetero) is 1. The molecule has 0 heterocycles. The maximum Gasteiger partial charge on any atom is 0.170 e. The van der Waals surface area contributed by atoms with Crippen molar-refractivity contribution in [1.82, 2.24) is 4.90 Å². The second kappa shape index (κ2) is 11.6. The van der Waals surface area contributed by atoms with E-state index in [2.05, 4.69) is 43.0 Å². The van der Waals surface area contributed by atoms with Gasteiger partial charge in [-0.25, -0.2) is 0 Å². The van der Waals surface area contributed by atoms with Crippen molar-refractivity contribution in [2.24, 2.45) is 0 Å². The van der Waals surface area contributed by atoms with Gasteiger partial charge in [-0.15, -0.1) is 0 Å². The maximum absolute atomic E-state index is 13.7. The van der Waals surface area contributed by atoms with Gasteiger partial charge in [0.25, 0.3) is 0 Å². The predicted octanol–water partition coefficient (Wildman–Crippen LogP) is 6.23. The largest absolute Gasteiger partial charge is 0.492 e. The molecular formula is C29H35NO2. The highest BCUT2D eigenvalue weighted by Gasteiger charge is 2.24. The normalized spacial score (nSPS) is 12.0. The summed E-state index contributed by atoms with van der Waals surface area (Å²) in [4.78, 5) is 16.0. The second-order valence-corrected chi connectivity index (χ2v) is 8.33. The first-order valence-corrected chi connectivity index (χ1v) is 11.6. The van der Waals surface area contributed by atoms with Gasteiger partial charge >= 0.3 is 0 Å². The number of rotatable bonds is 11. The van der Waals surface area contributed by atoms with Gasteiger partial charge in [-0.05, 0) is 67.7 Å². The Kier molecular flexibility index (Phi) is 8.64. The summed E-state index contributed by atoms with van der Waals surface area (Å²) in [5, 5.41) is 0. The zero-order valence-electron chi connectivity index (χ0n) is 19.8. The summed E-state index contributed by atoms with van der Waals surface area (Å²) in [6.07, 6.45) is 0.684. The number of ether oxygens (including phenoxy) is 1. The molecule has 0 aliphatic carbocycles. The van der Waals surface area contributed by atoms with Crippen LogP contribution >= 0.6 is 0 Å². The zero-order chi connectivity index (χ0) is 22.9. The Hall–Kier alpha value is -2.91. The molecule has 168 valence electrons. The number of benzene rings is 3. The van der Waals surface area contributed by atoms with E-state index in [1.54, 1.807) is 0 Å². The number of hydrogen-bond donors (Lipinski definition) is 0. The van der Waals surface area contributed by atoms with Crippen molar-refractivity contribution in [2.45, 2.75) is 40.0 Å². The van der Waals surface area contributed by atoms with Crippen molar-refractivity contribution in [3.63, 3.8) is 0 Å². The number of nitrogens with zero attached hydrogens (tertiary/aromatic N) is 1. The highest BCUT2D eigenvalue weighted by Crippen LogP contribution is 2.30. The van der Waals surface area contributed by atoms with E-state index < -0.39 is 0 Å². The van der Waals surface area contributed by atoms with Crippen LogP contribution in [0.15, 0.2) is 72.8 Å². The monoisotopic (exact) mass is 429 g/mol. The summed E-state index contributed by atoms with van der Waals surface area (Å²) in [5.41, 5.74) is 5.00. The number of carbonyl (C=O) groups excluding carboxylic acids is 1. The molecule has 1 unspecified atom stereocenters. The first kappa shape index (κ1) is 23.7. The third kappa shape index (κ3) is 6.08. The average Bonchev–Trinajstić information content (AvgIpc) is 2.82. The first-order valence-electron chi connectivity index (χ1n) is 11.6. The van der Waals surface area contributed by atoms with Gasteiger partial charge in [0.15, 0.2) is 5.78 Å². The first-order chi connectivity index (χ1) is 15.5. The lowest BCUT2D eigenvalue weighted by Gasteiger charge is -2.21. The van der Waals surface area contributed by atoms with Crippen LogP contribution in [0.25, 0.3) is 0 Å². The van der Waals surface area contributed by atoms with E-state index in [9.17, 15) is 4.79 Å². The van der Waals surface area contributed by atoms with Crippen LogP contribution in [-0.4, -0.2) is 36.9 Å². The summed E-state index contributed by atoms with van der Waals surface area (Å²) < 4.78 is 6.12. The molecule has 0 aromatic heterocycles. The molecular weight excluding hydrogens is 394 g/mol. The van der Waals surface area contributed by atoms with Crippen LogP contribution in [0, 0.1) is 13.8 Å². The molecule has 0 aliphatic rings. The van der Waals surface area contributed by atoms with E-state index in [-0.39, 0.29) is 11.7 Å². The Morgan fingerprint density at radius 3 is 2.00 bits per heavy atom. The topological polar surface area (TPSA) is 29.5 Å². The van der Waals surface area contributed by atoms with Crippen molar-refractivity contribution in [2.75, 3.05) is 26.2 Å². The number of hydrogen-bond acceptors (Lipinski definition) is 3. The Bertz CT molecular complexity index is 971. The van der Waals surface area contributed by atoms with E-state index in [0.29, 0.717) is 13.0 Å². The van der Waals surface area contributed by atoms with Gasteiger partial charge in [-0.1, -0.05) is 74.5 Å². The lowest BCUT2D eigenvalue weighted by atomic mass is 9.85. The van der Waals surface area contributed by atoms with Crippen LogP contribution in [0.1, 0.15) is 52.4 Å². The standard InChI is InChI=1S/C29H35NO2/c1-5-30(6-2)17-18-32-29-22(3)19-26(20-23(29)4)28(31)27(25-15-11-8-12-16-25)21-24-13-9-7-10-14-24/h7-16,19-20,27H,5-6,17-18,21H2,1-4H3. The molecule has 0 amide bonds. The molecule has 32 heavy (non-hydrogen) atoms. The van der Waals surface area contributed by atoms with Crippen LogP contribution in [0.3, 0.4) is 0 Å². The van der Waals surface area contributed by atoms with Gasteiger partial charge in [-0.2, -0.15) is 0 Å². The average molecular weight is 430 g/mol. The van der Waals surface area contributed by atoms with Gasteiger partial charge in [-0.3, -0.25) is 4.79 Å². The lowest BCUT2D eigenvalue weighted by molar-refractivity contribution is 0.0958. The van der Waals surface area contributed by atoms with E-state index in [0.717, 1.165) is 47.6 Å². The van der Waals surface area contributed by atoms with E-state index in [1.165, 1.54) is 5.56 Å². The minimum Gasteiger partial charge on any atom is -0.492 e. The summed E-state index contributed by atoms with van der Waals surface area (Å²) in [5.74, 6) is 0.834. The summed E-state index contributed by atoms with van der Waals surface area (Å²) >= 11 is 0. The molecule has 3 aromatic carbocycles. The molecule has 0 radical (unpaired) electrons. The third-order valence-corrected chi connectivity index (χ3v) is 6.09. The molecule has 0 aliphatic heterocycles. The van der Waals surface area contributed by atoms with Crippen LogP contribution < -0.4 is 4.74 Å². The van der Waals surface area contributed by atoms with Crippen molar-refractivity contribution >= 4 is 5.78 Å². The fourth-order valence-electron chi connectivity index (χ4n) is 4.24. The van der Waals surface area contributed by atoms with Crippen molar-refractivity contribution in [3.05, 3.63) is 101 Å². The van der Waals surface area contributed by atoms with Crippen molar-refractivity contribution in [1.29, 1.82) is 0 Å². The van der Waals surface area contributed by atoms with Gasteiger partial charge in [0.2, 0.25) is 0 Å². The van der Waals surface area contributed by atoms with Crippen LogP contribution in [0.2, 0.25) is 0 Å². The molecule has 3 rings (SSSR count). The van der Waals surface area contributed by atoms with Crippen LogP contribution in [0.4, 0.5) is 0 Å². The molecule has 3 aromatic rings. The van der Waals surface area contributed by atoms with Crippen molar-refractivity contribution in [3.8, 4) is 5.75 Å². The summed E-state index contributed by atoms with van der Waals surface area (Å²) in [6, 6.07) is 24.3. The number of ketones is 1. The maximum atomic E-state index is 13.7. The Balaban J connectivity index is 1.83. The van der Waals surface area contributed by atoms with Crippen LogP contribution in [-0.2, 0) is 6.42 Å². The quantitative estimate of drug-likeness (QED) is 0.338. The SMILES string of the molecule is CCN(CC)CCOc1c(C)cc(C(=O)C(Cc2ccccc2)c2ccccc2)cc1C. The minimum absolute atomic E-state index is 0.154. The molecule has 0 fully saturated rings. The molecule has 0 bridgehead atoms. The summed E-state index contributed by atoms with van der Waals surface area (Å²) in [7, 11) is 0. The van der Waals surface area contributed by atoms with Gasteiger partial charge < -0.3 is 9.64 Å². The molecule has 1 atom stereocenters. The van der Waals surface area contributed by atoms with Gasteiger partial charge in [0.1, 0.15) is 12.4 Å². The number of aryl methyl sites for hydroxylation is 2. The molecule has 0 saturated carbocycles. The lowest BCUT2D eigenvalue weighted by Crippen LogP contribution is -2.28. The van der Waals surface area contributed by atoms with E-state index in [1.807, 2.05) is 62.4 Å². The fourth-order valence-corrected chi connectivity index (χ4v) is 4.24. The number of likely N-dealkylation sites (N-methyl/N-ethyl adjacent to an activating group) is 1. The molecule has 0 spiro atoms. The second-order valence-electron chi connectivity index (χ2n) is 8.33. The Morgan fingerprint density at radius 2 is 1.44 bits per heavy atom. The van der Waals surface area contributed by atoms with Gasteiger partial charge in [0, 0.05) is 12.1 Å². The molecule has 0 saturated heterocycles. The smallest absolute Gasteiger partial charge is 0.170 e. The van der Waals surface area contributed by atoms with Crippen LogP contribution in [0.5, 0.6) is 5.75 Å². The minimum atomic E-state index is -0.216. The van der Waals surface area contributed by atoms with E-state index >= 15 is 0 Å². The highest BCUT2D eigenvalue weighted by molar-refractivity contribution is 6.01. The molecule has 3 heteroatoms. The Morgan fingerprint density at radius 1 is 0.875 bits per heavy atom. The number of carbonyl (C=O) groups is 1. The Labute approximate surface area is 193 Å². The predicted molar refractivity (Wildman–Crippen MR) is 133 cm³/mol. The zero-order valence-corrected chi connectivity index (χ0v) is 19.8. The molecule has 0 N–H and O–H groups in total. The molecule has 3 nitrogen and oxygen atoms in total. The fraction of sp³-hybridized carbons (Fsp3) is 0.345. The van der Waals surface area contributed by atoms with Crippen molar-refractivity contribution < 1.29 is 9.53 Å². The van der Waals surface area contributed by atoms with Gasteiger partial charge in [0.05, 0.1) is 5.92 Å². The van der Waals surface area contributed by atoms with E-state index in [4.69, 9.17) is 4.74 Å².